The van der Waals surface area contributed by atoms with Gasteiger partial charge in [0.2, 0.25) is 5.91 Å². The Morgan fingerprint density at radius 2 is 1.90 bits per heavy atom. The zero-order valence-electron chi connectivity index (χ0n) is 12.1. The summed E-state index contributed by atoms with van der Waals surface area (Å²) in [6.07, 6.45) is 1.04. The maximum Gasteiger partial charge on any atom is 0.305 e. The number of amides is 1. The molecule has 1 rings (SSSR count). The highest BCUT2D eigenvalue weighted by atomic mass is 19.1. The SMILES string of the molecule is CCOC(=O)CCCNC(=O)CCOc1ccc(F)cc1. The minimum absolute atomic E-state index is 0.152. The van der Waals surface area contributed by atoms with E-state index in [1.165, 1.54) is 24.3 Å². The maximum absolute atomic E-state index is 12.7. The normalized spacial score (nSPS) is 10.0. The Kier molecular flexibility index (Phi) is 7.86. The Bertz CT molecular complexity index is 447. The molecular weight excluding hydrogens is 277 g/mol. The molecule has 21 heavy (non-hydrogen) atoms. The number of hydrogen-bond donors (Lipinski definition) is 1. The lowest BCUT2D eigenvalue weighted by molar-refractivity contribution is -0.143. The molecule has 0 radical (unpaired) electrons. The fraction of sp³-hybridized carbons (Fsp3) is 0.467. The number of benzene rings is 1. The number of ether oxygens (including phenoxy) is 2. The average Bonchev–Trinajstić information content (AvgIpc) is 2.46. The third-order valence-corrected chi connectivity index (χ3v) is 2.60. The second-order valence-corrected chi connectivity index (χ2v) is 4.31. The molecule has 6 heteroatoms. The summed E-state index contributed by atoms with van der Waals surface area (Å²) in [5, 5.41) is 2.69. The van der Waals surface area contributed by atoms with Crippen LogP contribution in [0.5, 0.6) is 5.75 Å². The lowest BCUT2D eigenvalue weighted by atomic mass is 10.3. The van der Waals surface area contributed by atoms with Crippen LogP contribution < -0.4 is 10.1 Å². The minimum atomic E-state index is -0.332. The molecule has 0 aromatic heterocycles. The molecule has 5 nitrogen and oxygen atoms in total. The topological polar surface area (TPSA) is 64.6 Å². The Morgan fingerprint density at radius 3 is 2.57 bits per heavy atom. The summed E-state index contributed by atoms with van der Waals surface area (Å²) in [6.45, 7) is 2.76. The van der Waals surface area contributed by atoms with Crippen LogP contribution >= 0.6 is 0 Å². The first kappa shape index (κ1) is 16.9. The van der Waals surface area contributed by atoms with E-state index < -0.39 is 0 Å². The summed E-state index contributed by atoms with van der Waals surface area (Å²) in [5.74, 6) is -0.222. The van der Waals surface area contributed by atoms with Gasteiger partial charge < -0.3 is 14.8 Å². The highest BCUT2D eigenvalue weighted by Gasteiger charge is 2.04. The molecule has 1 N–H and O–H groups in total. The molecule has 0 saturated heterocycles. The molecule has 0 bridgehead atoms. The van der Waals surface area contributed by atoms with Gasteiger partial charge >= 0.3 is 5.97 Å². The highest BCUT2D eigenvalue weighted by Crippen LogP contribution is 2.10. The number of nitrogens with one attached hydrogen (secondary N) is 1. The molecule has 116 valence electrons. The van der Waals surface area contributed by atoms with E-state index >= 15 is 0 Å². The molecule has 0 fully saturated rings. The molecule has 0 aliphatic heterocycles. The van der Waals surface area contributed by atoms with Gasteiger partial charge in [0.1, 0.15) is 11.6 Å². The first-order chi connectivity index (χ1) is 10.1. The first-order valence-electron chi connectivity index (χ1n) is 6.92. The second kappa shape index (κ2) is 9.74. The Hall–Kier alpha value is -2.11. The number of hydrogen-bond acceptors (Lipinski definition) is 4. The molecule has 0 atom stereocenters. The van der Waals surface area contributed by atoms with Gasteiger partial charge in [-0.3, -0.25) is 9.59 Å². The summed E-state index contributed by atoms with van der Waals surface area (Å²) >= 11 is 0. The quantitative estimate of drug-likeness (QED) is 0.560. The van der Waals surface area contributed by atoms with Gasteiger partial charge in [-0.2, -0.15) is 0 Å². The van der Waals surface area contributed by atoms with Gasteiger partial charge in [-0.1, -0.05) is 0 Å². The van der Waals surface area contributed by atoms with Gasteiger partial charge in [0, 0.05) is 13.0 Å². The summed E-state index contributed by atoms with van der Waals surface area (Å²) < 4.78 is 22.7. The van der Waals surface area contributed by atoms with Crippen molar-refractivity contribution in [2.45, 2.75) is 26.2 Å². The van der Waals surface area contributed by atoms with Crippen LogP contribution in [0, 0.1) is 5.82 Å². The summed E-state index contributed by atoms with van der Waals surface area (Å²) in [5.41, 5.74) is 0. The van der Waals surface area contributed by atoms with Gasteiger partial charge in [-0.05, 0) is 37.6 Å². The van der Waals surface area contributed by atoms with E-state index in [0.717, 1.165) is 0 Å². The average molecular weight is 297 g/mol. The zero-order chi connectivity index (χ0) is 15.5. The van der Waals surface area contributed by atoms with Crippen molar-refractivity contribution in [3.8, 4) is 5.75 Å². The lowest BCUT2D eigenvalue weighted by Crippen LogP contribution is -2.26. The molecule has 0 unspecified atom stereocenters. The van der Waals surface area contributed by atoms with E-state index in [-0.39, 0.29) is 30.7 Å². The number of carbonyl (C=O) groups excluding carboxylic acids is 2. The van der Waals surface area contributed by atoms with E-state index in [2.05, 4.69) is 5.32 Å². The summed E-state index contributed by atoms with van der Waals surface area (Å²) in [4.78, 5) is 22.5. The zero-order valence-corrected chi connectivity index (χ0v) is 12.1. The molecule has 0 saturated carbocycles. The first-order valence-corrected chi connectivity index (χ1v) is 6.92. The third kappa shape index (κ3) is 7.91. The van der Waals surface area contributed by atoms with Crippen LogP contribution in [0.2, 0.25) is 0 Å². The van der Waals surface area contributed by atoms with Crippen LogP contribution in [0.4, 0.5) is 4.39 Å². The maximum atomic E-state index is 12.7. The summed E-state index contributed by atoms with van der Waals surface area (Å²) in [7, 11) is 0. The number of esters is 1. The van der Waals surface area contributed by atoms with Crippen LogP contribution in [0.25, 0.3) is 0 Å². The van der Waals surface area contributed by atoms with E-state index in [1.807, 2.05) is 0 Å². The van der Waals surface area contributed by atoms with E-state index in [0.29, 0.717) is 31.7 Å². The van der Waals surface area contributed by atoms with Crippen molar-refractivity contribution >= 4 is 11.9 Å². The highest BCUT2D eigenvalue weighted by molar-refractivity contribution is 5.76. The third-order valence-electron chi connectivity index (χ3n) is 2.60. The van der Waals surface area contributed by atoms with Crippen LogP contribution in [-0.2, 0) is 14.3 Å². The standard InChI is InChI=1S/C15H20FNO4/c1-2-20-15(19)4-3-10-17-14(18)9-11-21-13-7-5-12(16)6-8-13/h5-8H,2-4,9-11H2,1H3,(H,17,18). The van der Waals surface area contributed by atoms with Gasteiger partial charge in [-0.15, -0.1) is 0 Å². The van der Waals surface area contributed by atoms with Crippen LogP contribution in [0.1, 0.15) is 26.2 Å². The van der Waals surface area contributed by atoms with Crippen LogP contribution in [0.3, 0.4) is 0 Å². The Morgan fingerprint density at radius 1 is 1.19 bits per heavy atom. The van der Waals surface area contributed by atoms with E-state index in [9.17, 15) is 14.0 Å². The van der Waals surface area contributed by atoms with Crippen molar-refractivity contribution < 1.29 is 23.5 Å². The molecule has 1 aromatic rings. The smallest absolute Gasteiger partial charge is 0.305 e. The van der Waals surface area contributed by atoms with Crippen molar-refractivity contribution in [2.75, 3.05) is 19.8 Å². The van der Waals surface area contributed by atoms with Gasteiger partial charge in [-0.25, -0.2) is 4.39 Å². The molecule has 1 aromatic carbocycles. The Balaban J connectivity index is 2.06. The van der Waals surface area contributed by atoms with E-state index in [1.54, 1.807) is 6.92 Å². The molecule has 0 aliphatic rings. The van der Waals surface area contributed by atoms with E-state index in [4.69, 9.17) is 9.47 Å². The van der Waals surface area contributed by atoms with Gasteiger partial charge in [0.05, 0.1) is 19.6 Å². The van der Waals surface area contributed by atoms with Gasteiger partial charge in [0.25, 0.3) is 0 Å². The predicted molar refractivity (Wildman–Crippen MR) is 75.4 cm³/mol. The monoisotopic (exact) mass is 297 g/mol. The summed E-state index contributed by atoms with van der Waals surface area (Å²) in [6, 6.07) is 5.61. The van der Waals surface area contributed by atoms with Crippen LogP contribution in [-0.4, -0.2) is 31.6 Å². The molecular formula is C15H20FNO4. The van der Waals surface area contributed by atoms with Crippen molar-refractivity contribution in [2.24, 2.45) is 0 Å². The lowest BCUT2D eigenvalue weighted by Gasteiger charge is -2.07. The molecule has 0 heterocycles. The van der Waals surface area contributed by atoms with Crippen LogP contribution in [0.15, 0.2) is 24.3 Å². The fourth-order valence-corrected chi connectivity index (χ4v) is 1.57. The number of halogens is 1. The minimum Gasteiger partial charge on any atom is -0.493 e. The van der Waals surface area contributed by atoms with Crippen molar-refractivity contribution in [1.29, 1.82) is 0 Å². The van der Waals surface area contributed by atoms with Crippen molar-refractivity contribution in [3.63, 3.8) is 0 Å². The molecule has 0 spiro atoms. The second-order valence-electron chi connectivity index (χ2n) is 4.31. The predicted octanol–water partition coefficient (Wildman–Crippen LogP) is 2.05. The number of rotatable bonds is 9. The Labute approximate surface area is 123 Å². The number of carbonyl (C=O) groups is 2. The molecule has 1 amide bonds. The molecule has 0 aliphatic carbocycles. The largest absolute Gasteiger partial charge is 0.493 e. The van der Waals surface area contributed by atoms with Gasteiger partial charge in [0.15, 0.2) is 0 Å². The van der Waals surface area contributed by atoms with Crippen molar-refractivity contribution in [1.82, 2.24) is 5.32 Å². The fourth-order valence-electron chi connectivity index (χ4n) is 1.57. The van der Waals surface area contributed by atoms with Crippen molar-refractivity contribution in [3.05, 3.63) is 30.1 Å².